The van der Waals surface area contributed by atoms with E-state index in [1.54, 1.807) is 0 Å². The zero-order valence-corrected chi connectivity index (χ0v) is 14.3. The van der Waals surface area contributed by atoms with Crippen LogP contribution >= 0.6 is 0 Å². The SMILES string of the molecule is CCCCCCOc1cc(CO)cc(OCCCCCC)c1. The molecule has 1 N–H and O–H groups in total. The van der Waals surface area contributed by atoms with Crippen LogP contribution in [0.4, 0.5) is 0 Å². The molecule has 0 fully saturated rings. The summed E-state index contributed by atoms with van der Waals surface area (Å²) in [4.78, 5) is 0. The predicted molar refractivity (Wildman–Crippen MR) is 91.6 cm³/mol. The lowest BCUT2D eigenvalue weighted by atomic mass is 10.2. The molecule has 126 valence electrons. The maximum absolute atomic E-state index is 9.36. The molecule has 0 bridgehead atoms. The Labute approximate surface area is 135 Å². The summed E-state index contributed by atoms with van der Waals surface area (Å²) in [6.45, 7) is 5.88. The number of benzene rings is 1. The first kappa shape index (κ1) is 18.8. The van der Waals surface area contributed by atoms with Crippen molar-refractivity contribution in [1.82, 2.24) is 0 Å². The molecule has 0 unspecified atom stereocenters. The Hall–Kier alpha value is -1.22. The average molecular weight is 308 g/mol. The molecule has 1 aromatic rings. The van der Waals surface area contributed by atoms with Crippen LogP contribution in [0, 0.1) is 0 Å². The highest BCUT2D eigenvalue weighted by Gasteiger charge is 2.03. The van der Waals surface area contributed by atoms with E-state index < -0.39 is 0 Å². The van der Waals surface area contributed by atoms with E-state index in [-0.39, 0.29) is 6.61 Å². The fourth-order valence-corrected chi connectivity index (χ4v) is 2.33. The van der Waals surface area contributed by atoms with Crippen LogP contribution in [-0.4, -0.2) is 18.3 Å². The molecule has 0 amide bonds. The highest BCUT2D eigenvalue weighted by atomic mass is 16.5. The van der Waals surface area contributed by atoms with Gasteiger partial charge < -0.3 is 14.6 Å². The van der Waals surface area contributed by atoms with Crippen LogP contribution in [0.3, 0.4) is 0 Å². The second-order valence-electron chi connectivity index (χ2n) is 5.79. The van der Waals surface area contributed by atoms with Crippen LogP contribution in [0.2, 0.25) is 0 Å². The zero-order chi connectivity index (χ0) is 16.0. The van der Waals surface area contributed by atoms with Crippen molar-refractivity contribution in [2.75, 3.05) is 13.2 Å². The van der Waals surface area contributed by atoms with Gasteiger partial charge in [0.2, 0.25) is 0 Å². The molecule has 3 heteroatoms. The van der Waals surface area contributed by atoms with Crippen molar-refractivity contribution in [3.8, 4) is 11.5 Å². The minimum atomic E-state index is 0.0131. The van der Waals surface area contributed by atoms with Gasteiger partial charge in [-0.15, -0.1) is 0 Å². The van der Waals surface area contributed by atoms with Crippen LogP contribution in [-0.2, 0) is 6.61 Å². The van der Waals surface area contributed by atoms with Crippen molar-refractivity contribution >= 4 is 0 Å². The minimum absolute atomic E-state index is 0.0131. The Balaban J connectivity index is 2.42. The van der Waals surface area contributed by atoms with Gasteiger partial charge in [0.1, 0.15) is 11.5 Å². The third-order valence-corrected chi connectivity index (χ3v) is 3.66. The van der Waals surface area contributed by atoms with E-state index in [9.17, 15) is 5.11 Å². The topological polar surface area (TPSA) is 38.7 Å². The number of ether oxygens (including phenoxy) is 2. The fourth-order valence-electron chi connectivity index (χ4n) is 2.33. The highest BCUT2D eigenvalue weighted by molar-refractivity contribution is 5.38. The van der Waals surface area contributed by atoms with E-state index in [4.69, 9.17) is 9.47 Å². The lowest BCUT2D eigenvalue weighted by molar-refractivity contribution is 0.271. The molecule has 0 aromatic heterocycles. The van der Waals surface area contributed by atoms with Crippen LogP contribution in [0.15, 0.2) is 18.2 Å². The lowest BCUT2D eigenvalue weighted by Crippen LogP contribution is -2.01. The van der Waals surface area contributed by atoms with Gasteiger partial charge in [-0.2, -0.15) is 0 Å². The van der Waals surface area contributed by atoms with E-state index in [2.05, 4.69) is 13.8 Å². The van der Waals surface area contributed by atoms with Gasteiger partial charge in [0.05, 0.1) is 19.8 Å². The lowest BCUT2D eigenvalue weighted by Gasteiger charge is -2.11. The molecule has 1 aromatic carbocycles. The van der Waals surface area contributed by atoms with Gasteiger partial charge in [0.15, 0.2) is 0 Å². The maximum atomic E-state index is 9.36. The third kappa shape index (κ3) is 8.28. The van der Waals surface area contributed by atoms with Crippen LogP contribution < -0.4 is 9.47 Å². The van der Waals surface area contributed by atoms with Crippen LogP contribution in [0.1, 0.15) is 70.8 Å². The molecule has 0 heterocycles. The van der Waals surface area contributed by atoms with Crippen molar-refractivity contribution in [2.24, 2.45) is 0 Å². The van der Waals surface area contributed by atoms with Crippen LogP contribution in [0.5, 0.6) is 11.5 Å². The number of unbranched alkanes of at least 4 members (excludes halogenated alkanes) is 6. The normalized spacial score (nSPS) is 10.7. The van der Waals surface area contributed by atoms with Gasteiger partial charge in [-0.1, -0.05) is 52.4 Å². The molecule has 0 aliphatic heterocycles. The zero-order valence-electron chi connectivity index (χ0n) is 14.3. The molecule has 3 nitrogen and oxygen atoms in total. The van der Waals surface area contributed by atoms with Gasteiger partial charge in [-0.25, -0.2) is 0 Å². The number of hydrogen-bond acceptors (Lipinski definition) is 3. The van der Waals surface area contributed by atoms with E-state index in [0.717, 1.165) is 43.1 Å². The Morgan fingerprint density at radius 1 is 0.727 bits per heavy atom. The molecule has 1 rings (SSSR count). The fraction of sp³-hybridized carbons (Fsp3) is 0.684. The third-order valence-electron chi connectivity index (χ3n) is 3.66. The number of rotatable bonds is 13. The van der Waals surface area contributed by atoms with Crippen molar-refractivity contribution < 1.29 is 14.6 Å². The summed E-state index contributed by atoms with van der Waals surface area (Å²) in [7, 11) is 0. The molecule has 0 saturated carbocycles. The number of aliphatic hydroxyl groups excluding tert-OH is 1. The first-order valence-electron chi connectivity index (χ1n) is 8.80. The Kier molecular flexibility index (Phi) is 10.6. The van der Waals surface area contributed by atoms with Gasteiger partial charge in [0.25, 0.3) is 0 Å². The van der Waals surface area contributed by atoms with Gasteiger partial charge >= 0.3 is 0 Å². The van der Waals surface area contributed by atoms with Gasteiger partial charge in [-0.05, 0) is 30.5 Å². The summed E-state index contributed by atoms with van der Waals surface area (Å²) in [6.07, 6.45) is 9.53. The molecular formula is C19H32O3. The summed E-state index contributed by atoms with van der Waals surface area (Å²) >= 11 is 0. The van der Waals surface area contributed by atoms with Crippen molar-refractivity contribution in [2.45, 2.75) is 71.8 Å². The Bertz CT molecular complexity index is 358. The molecule has 22 heavy (non-hydrogen) atoms. The van der Waals surface area contributed by atoms with Crippen LogP contribution in [0.25, 0.3) is 0 Å². The molecule has 0 aliphatic rings. The van der Waals surface area contributed by atoms with E-state index in [0.29, 0.717) is 0 Å². The predicted octanol–water partition coefficient (Wildman–Crippen LogP) is 5.10. The molecule has 0 saturated heterocycles. The molecule has 0 spiro atoms. The smallest absolute Gasteiger partial charge is 0.123 e. The number of hydrogen-bond donors (Lipinski definition) is 1. The average Bonchev–Trinajstić information content (AvgIpc) is 2.54. The standard InChI is InChI=1S/C19H32O3/c1-3-5-7-9-11-21-18-13-17(16-20)14-19(15-18)22-12-10-8-6-4-2/h13-15,20H,3-12,16H2,1-2H3. The van der Waals surface area contributed by atoms with Crippen molar-refractivity contribution in [3.05, 3.63) is 23.8 Å². The summed E-state index contributed by atoms with van der Waals surface area (Å²) < 4.78 is 11.6. The largest absolute Gasteiger partial charge is 0.493 e. The van der Waals surface area contributed by atoms with Crippen molar-refractivity contribution in [3.63, 3.8) is 0 Å². The first-order chi connectivity index (χ1) is 10.8. The monoisotopic (exact) mass is 308 g/mol. The molecule has 0 aliphatic carbocycles. The minimum Gasteiger partial charge on any atom is -0.493 e. The van der Waals surface area contributed by atoms with Gasteiger partial charge in [-0.3, -0.25) is 0 Å². The quantitative estimate of drug-likeness (QED) is 0.515. The van der Waals surface area contributed by atoms with E-state index in [1.165, 1.54) is 38.5 Å². The molecule has 0 radical (unpaired) electrons. The molecular weight excluding hydrogens is 276 g/mol. The summed E-state index contributed by atoms with van der Waals surface area (Å²) in [5.41, 5.74) is 0.842. The number of aliphatic hydroxyl groups is 1. The van der Waals surface area contributed by atoms with Crippen molar-refractivity contribution in [1.29, 1.82) is 0 Å². The first-order valence-corrected chi connectivity index (χ1v) is 8.80. The summed E-state index contributed by atoms with van der Waals surface area (Å²) in [5, 5.41) is 9.36. The Morgan fingerprint density at radius 3 is 1.64 bits per heavy atom. The van der Waals surface area contributed by atoms with E-state index >= 15 is 0 Å². The molecule has 0 atom stereocenters. The maximum Gasteiger partial charge on any atom is 0.123 e. The highest BCUT2D eigenvalue weighted by Crippen LogP contribution is 2.24. The summed E-state index contributed by atoms with van der Waals surface area (Å²) in [6, 6.07) is 5.71. The second kappa shape index (κ2) is 12.3. The second-order valence-corrected chi connectivity index (χ2v) is 5.79. The Morgan fingerprint density at radius 2 is 1.23 bits per heavy atom. The van der Waals surface area contributed by atoms with Gasteiger partial charge in [0, 0.05) is 6.07 Å². The van der Waals surface area contributed by atoms with E-state index in [1.807, 2.05) is 18.2 Å². The summed E-state index contributed by atoms with van der Waals surface area (Å²) in [5.74, 6) is 1.60.